The minimum atomic E-state index is -3.78. The molecule has 0 fully saturated rings. The van der Waals surface area contributed by atoms with E-state index in [1.54, 1.807) is 24.3 Å². The van der Waals surface area contributed by atoms with Crippen LogP contribution in [0.5, 0.6) is 0 Å². The Morgan fingerprint density at radius 1 is 1.06 bits per heavy atom. The minimum absolute atomic E-state index is 0.141. The van der Waals surface area contributed by atoms with Gasteiger partial charge in [0.15, 0.2) is 5.13 Å². The first-order valence-electron chi connectivity index (χ1n) is 9.39. The van der Waals surface area contributed by atoms with Crippen LogP contribution in [0.4, 0.5) is 15.2 Å². The number of aryl methyl sites for hydroxylation is 2. The minimum Gasteiger partial charge on any atom is -0.322 e. The zero-order chi connectivity index (χ0) is 23.0. The van der Waals surface area contributed by atoms with Crippen LogP contribution in [-0.4, -0.2) is 19.3 Å². The van der Waals surface area contributed by atoms with E-state index in [1.165, 1.54) is 24.3 Å². The zero-order valence-electron chi connectivity index (χ0n) is 16.9. The lowest BCUT2D eigenvalue weighted by atomic mass is 10.1. The summed E-state index contributed by atoms with van der Waals surface area (Å²) in [7, 11) is -3.78. The molecular weight excluding hydrogens is 473 g/mol. The van der Waals surface area contributed by atoms with Crippen LogP contribution >= 0.6 is 22.9 Å². The molecule has 0 bridgehead atoms. The van der Waals surface area contributed by atoms with E-state index in [4.69, 9.17) is 11.6 Å². The molecule has 1 heterocycles. The number of nitrogens with one attached hydrogen (secondary N) is 2. The molecular formula is C22H17ClFN3O3S2. The van der Waals surface area contributed by atoms with Crippen LogP contribution in [-0.2, 0) is 10.0 Å². The smallest absolute Gasteiger partial charge is 0.263 e. The van der Waals surface area contributed by atoms with Crippen molar-refractivity contribution in [3.8, 4) is 0 Å². The Labute approximate surface area is 193 Å². The summed E-state index contributed by atoms with van der Waals surface area (Å²) in [6.45, 7) is 3.69. The third kappa shape index (κ3) is 4.59. The van der Waals surface area contributed by atoms with Gasteiger partial charge in [0.05, 0.1) is 20.1 Å². The van der Waals surface area contributed by atoms with Crippen LogP contribution in [0, 0.1) is 19.7 Å². The summed E-state index contributed by atoms with van der Waals surface area (Å²) in [6.07, 6.45) is 0. The number of anilines is 2. The summed E-state index contributed by atoms with van der Waals surface area (Å²) in [6, 6.07) is 13.7. The first-order valence-corrected chi connectivity index (χ1v) is 12.1. The largest absolute Gasteiger partial charge is 0.322 e. The Morgan fingerprint density at radius 3 is 2.47 bits per heavy atom. The number of carbonyl (C=O) groups is 1. The van der Waals surface area contributed by atoms with Crippen LogP contribution in [0.15, 0.2) is 59.5 Å². The fourth-order valence-electron chi connectivity index (χ4n) is 3.04. The van der Waals surface area contributed by atoms with Crippen LogP contribution in [0.25, 0.3) is 10.2 Å². The maximum Gasteiger partial charge on any atom is 0.263 e. The molecule has 0 saturated heterocycles. The Morgan fingerprint density at radius 2 is 1.78 bits per heavy atom. The number of fused-ring (bicyclic) bond motifs is 1. The Balaban J connectivity index is 1.59. The van der Waals surface area contributed by atoms with Gasteiger partial charge in [0.2, 0.25) is 0 Å². The van der Waals surface area contributed by atoms with Crippen LogP contribution in [0.1, 0.15) is 21.5 Å². The normalized spacial score (nSPS) is 11.5. The summed E-state index contributed by atoms with van der Waals surface area (Å²) in [5.41, 5.74) is 3.05. The summed E-state index contributed by atoms with van der Waals surface area (Å²) in [4.78, 5) is 17.0. The number of halogens is 2. The van der Waals surface area contributed by atoms with Gasteiger partial charge in [0.1, 0.15) is 5.82 Å². The third-order valence-corrected chi connectivity index (χ3v) is 7.37. The monoisotopic (exact) mass is 489 g/mol. The maximum absolute atomic E-state index is 13.3. The van der Waals surface area contributed by atoms with Crippen molar-refractivity contribution in [1.29, 1.82) is 0 Å². The van der Waals surface area contributed by atoms with Crippen molar-refractivity contribution < 1.29 is 17.6 Å². The van der Waals surface area contributed by atoms with E-state index in [9.17, 15) is 17.6 Å². The molecule has 4 aromatic rings. The molecule has 2 N–H and O–H groups in total. The number of hydrogen-bond acceptors (Lipinski definition) is 5. The molecule has 0 unspecified atom stereocenters. The van der Waals surface area contributed by atoms with Crippen molar-refractivity contribution in [2.75, 3.05) is 10.0 Å². The van der Waals surface area contributed by atoms with Crippen molar-refractivity contribution in [1.82, 2.24) is 4.98 Å². The lowest BCUT2D eigenvalue weighted by Crippen LogP contribution is -2.12. The highest BCUT2D eigenvalue weighted by molar-refractivity contribution is 7.93. The van der Waals surface area contributed by atoms with E-state index < -0.39 is 21.7 Å². The van der Waals surface area contributed by atoms with Gasteiger partial charge in [-0.2, -0.15) is 0 Å². The maximum atomic E-state index is 13.3. The number of aromatic nitrogens is 1. The highest BCUT2D eigenvalue weighted by atomic mass is 35.5. The van der Waals surface area contributed by atoms with Gasteiger partial charge in [-0.05, 0) is 61.9 Å². The van der Waals surface area contributed by atoms with Crippen LogP contribution in [0.3, 0.4) is 0 Å². The lowest BCUT2D eigenvalue weighted by Gasteiger charge is -2.07. The first-order chi connectivity index (χ1) is 15.1. The summed E-state index contributed by atoms with van der Waals surface area (Å²) < 4.78 is 41.9. The van der Waals surface area contributed by atoms with Gasteiger partial charge in [0.25, 0.3) is 15.9 Å². The molecule has 1 amide bonds. The molecule has 32 heavy (non-hydrogen) atoms. The molecule has 0 saturated carbocycles. The fraction of sp³-hybridized carbons (Fsp3) is 0.0909. The average Bonchev–Trinajstić information content (AvgIpc) is 3.12. The quantitative estimate of drug-likeness (QED) is 0.373. The number of nitrogens with zero attached hydrogens (tertiary/aromatic N) is 1. The van der Waals surface area contributed by atoms with E-state index in [2.05, 4.69) is 15.0 Å². The molecule has 0 aliphatic rings. The van der Waals surface area contributed by atoms with E-state index in [0.717, 1.165) is 28.5 Å². The van der Waals surface area contributed by atoms with E-state index in [-0.39, 0.29) is 20.6 Å². The van der Waals surface area contributed by atoms with Crippen LogP contribution in [0.2, 0.25) is 5.02 Å². The van der Waals surface area contributed by atoms with Gasteiger partial charge in [-0.15, -0.1) is 0 Å². The second-order valence-electron chi connectivity index (χ2n) is 7.16. The van der Waals surface area contributed by atoms with Gasteiger partial charge >= 0.3 is 0 Å². The molecule has 0 aliphatic carbocycles. The topological polar surface area (TPSA) is 88.2 Å². The molecule has 0 atom stereocenters. The first kappa shape index (κ1) is 22.2. The number of benzene rings is 3. The number of thiazole rings is 1. The molecule has 4 rings (SSSR count). The Kier molecular flexibility index (Phi) is 5.89. The molecule has 1 aromatic heterocycles. The molecule has 6 nitrogen and oxygen atoms in total. The van der Waals surface area contributed by atoms with Crippen molar-refractivity contribution in [2.45, 2.75) is 18.7 Å². The number of sulfonamides is 1. The zero-order valence-corrected chi connectivity index (χ0v) is 19.3. The molecule has 0 spiro atoms. The second kappa shape index (κ2) is 8.50. The predicted molar refractivity (Wildman–Crippen MR) is 126 cm³/mol. The molecule has 3 aromatic carbocycles. The van der Waals surface area contributed by atoms with Crippen molar-refractivity contribution in [2.24, 2.45) is 0 Å². The van der Waals surface area contributed by atoms with E-state index in [0.29, 0.717) is 15.9 Å². The van der Waals surface area contributed by atoms with Gasteiger partial charge in [-0.3, -0.25) is 9.52 Å². The van der Waals surface area contributed by atoms with Gasteiger partial charge in [-0.1, -0.05) is 40.6 Å². The summed E-state index contributed by atoms with van der Waals surface area (Å²) in [5, 5.41) is 2.83. The molecule has 10 heteroatoms. The standard InChI is InChI=1S/C22H17ClFN3O3S2/c1-12-3-6-16(7-4-12)32(29,30)27-22-26-20-13(2)9-15(11-19(20)31-22)25-21(28)14-5-8-18(24)17(23)10-14/h3-11H,1-2H3,(H,25,28)(H,26,27). The van der Waals surface area contributed by atoms with Crippen LogP contribution < -0.4 is 10.0 Å². The highest BCUT2D eigenvalue weighted by Gasteiger charge is 2.18. The van der Waals surface area contributed by atoms with Gasteiger partial charge in [0, 0.05) is 11.3 Å². The van der Waals surface area contributed by atoms with Gasteiger partial charge in [-0.25, -0.2) is 17.8 Å². The number of carbonyl (C=O) groups excluding carboxylic acids is 1. The summed E-state index contributed by atoms with van der Waals surface area (Å²) in [5.74, 6) is -1.05. The third-order valence-electron chi connectivity index (χ3n) is 4.68. The number of amides is 1. The average molecular weight is 490 g/mol. The summed E-state index contributed by atoms with van der Waals surface area (Å²) >= 11 is 6.91. The Hall–Kier alpha value is -3.01. The predicted octanol–water partition coefficient (Wildman–Crippen LogP) is 5.76. The van der Waals surface area contributed by atoms with Crippen molar-refractivity contribution in [3.05, 3.63) is 82.1 Å². The molecule has 0 radical (unpaired) electrons. The van der Waals surface area contributed by atoms with E-state index >= 15 is 0 Å². The second-order valence-corrected chi connectivity index (χ2v) is 10.3. The fourth-order valence-corrected chi connectivity index (χ4v) is 5.44. The van der Waals surface area contributed by atoms with Gasteiger partial charge < -0.3 is 5.32 Å². The van der Waals surface area contributed by atoms with Crippen molar-refractivity contribution in [3.63, 3.8) is 0 Å². The number of rotatable bonds is 5. The van der Waals surface area contributed by atoms with E-state index in [1.807, 2.05) is 13.8 Å². The molecule has 0 aliphatic heterocycles. The van der Waals surface area contributed by atoms with Crippen molar-refractivity contribution >= 4 is 59.9 Å². The SMILES string of the molecule is Cc1ccc(S(=O)(=O)Nc2nc3c(C)cc(NC(=O)c4ccc(F)c(Cl)c4)cc3s2)cc1. The Bertz CT molecular complexity index is 1450. The lowest BCUT2D eigenvalue weighted by molar-refractivity contribution is 0.102. The number of hydrogen-bond donors (Lipinski definition) is 2. The highest BCUT2D eigenvalue weighted by Crippen LogP contribution is 2.32. The molecule has 164 valence electrons.